The van der Waals surface area contributed by atoms with Crippen molar-refractivity contribution in [3.63, 3.8) is 0 Å². The second-order valence-corrected chi connectivity index (χ2v) is 7.21. The largest absolute Gasteiger partial charge is 0.294 e. The molecule has 2 heterocycles. The Kier molecular flexibility index (Phi) is 3.94. The minimum atomic E-state index is 0.158. The van der Waals surface area contributed by atoms with Crippen molar-refractivity contribution in [2.75, 3.05) is 0 Å². The Labute approximate surface area is 153 Å². The molecule has 1 aliphatic rings. The Hall–Kier alpha value is -2.82. The van der Waals surface area contributed by atoms with Crippen LogP contribution in [0.1, 0.15) is 56.6 Å². The van der Waals surface area contributed by atoms with Gasteiger partial charge in [0.15, 0.2) is 5.78 Å². The summed E-state index contributed by atoms with van der Waals surface area (Å²) in [6.07, 6.45) is 1.29. The number of rotatable bonds is 2. The fourth-order valence-electron chi connectivity index (χ4n) is 3.88. The van der Waals surface area contributed by atoms with E-state index in [-0.39, 0.29) is 11.7 Å². The number of aromatic nitrogens is 4. The maximum atomic E-state index is 12.9. The second kappa shape index (κ2) is 6.16. The molecule has 4 rings (SSSR count). The molecule has 3 aromatic rings. The molecule has 0 saturated heterocycles. The predicted octanol–water partition coefficient (Wildman–Crippen LogP) is 3.81. The van der Waals surface area contributed by atoms with Crippen molar-refractivity contribution < 1.29 is 4.79 Å². The summed E-state index contributed by atoms with van der Waals surface area (Å²) in [6.45, 7) is 7.86. The van der Waals surface area contributed by atoms with E-state index in [1.165, 1.54) is 11.1 Å². The van der Waals surface area contributed by atoms with Crippen molar-refractivity contribution in [3.05, 3.63) is 69.8 Å². The Morgan fingerprint density at radius 2 is 1.73 bits per heavy atom. The van der Waals surface area contributed by atoms with Gasteiger partial charge in [0.2, 0.25) is 0 Å². The van der Waals surface area contributed by atoms with Crippen molar-refractivity contribution in [1.29, 1.82) is 0 Å². The van der Waals surface area contributed by atoms with Crippen LogP contribution in [0, 0.1) is 27.7 Å². The topological polar surface area (TPSA) is 60.7 Å². The SMILES string of the molecule is Cc1cccc(C2CC(=O)c3c(C)nn(-c4nc(C)cc(C)n4)c3C2)c1. The number of Topliss-reactive ketones (excluding diaryl/α,β-unsaturated/α-hetero) is 1. The first-order chi connectivity index (χ1) is 12.4. The molecule has 1 aromatic carbocycles. The number of aryl methyl sites for hydroxylation is 4. The third-order valence-electron chi connectivity index (χ3n) is 4.98. The molecule has 1 aliphatic carbocycles. The van der Waals surface area contributed by atoms with E-state index >= 15 is 0 Å². The predicted molar refractivity (Wildman–Crippen MR) is 99.9 cm³/mol. The van der Waals surface area contributed by atoms with Gasteiger partial charge in [-0.05, 0) is 51.7 Å². The molecule has 0 spiro atoms. The van der Waals surface area contributed by atoms with Crippen LogP contribution in [-0.2, 0) is 6.42 Å². The first-order valence-corrected chi connectivity index (χ1v) is 8.93. The summed E-state index contributed by atoms with van der Waals surface area (Å²) < 4.78 is 1.77. The fourth-order valence-corrected chi connectivity index (χ4v) is 3.88. The van der Waals surface area contributed by atoms with Crippen molar-refractivity contribution in [1.82, 2.24) is 19.7 Å². The lowest BCUT2D eigenvalue weighted by Crippen LogP contribution is -2.21. The van der Waals surface area contributed by atoms with Crippen molar-refractivity contribution in [2.45, 2.75) is 46.5 Å². The van der Waals surface area contributed by atoms with Gasteiger partial charge in [0.25, 0.3) is 5.95 Å². The van der Waals surface area contributed by atoms with Gasteiger partial charge in [0, 0.05) is 17.8 Å². The summed E-state index contributed by atoms with van der Waals surface area (Å²) in [6, 6.07) is 10.4. The summed E-state index contributed by atoms with van der Waals surface area (Å²) in [5.74, 6) is 0.867. The molecular formula is C21H22N4O. The lowest BCUT2D eigenvalue weighted by molar-refractivity contribution is 0.0963. The molecule has 26 heavy (non-hydrogen) atoms. The van der Waals surface area contributed by atoms with Gasteiger partial charge < -0.3 is 0 Å². The molecule has 0 aliphatic heterocycles. The molecule has 0 N–H and O–H groups in total. The van der Waals surface area contributed by atoms with Gasteiger partial charge in [0.05, 0.1) is 17.0 Å². The van der Waals surface area contributed by atoms with Crippen LogP contribution >= 0.6 is 0 Å². The molecule has 132 valence electrons. The highest BCUT2D eigenvalue weighted by atomic mass is 16.1. The zero-order chi connectivity index (χ0) is 18.4. The number of carbonyl (C=O) groups excluding carboxylic acids is 1. The van der Waals surface area contributed by atoms with E-state index < -0.39 is 0 Å². The third-order valence-corrected chi connectivity index (χ3v) is 4.98. The Balaban J connectivity index is 1.82. The highest BCUT2D eigenvalue weighted by Crippen LogP contribution is 2.35. The summed E-state index contributed by atoms with van der Waals surface area (Å²) in [7, 11) is 0. The van der Waals surface area contributed by atoms with Crippen LogP contribution in [0.25, 0.3) is 5.95 Å². The first-order valence-electron chi connectivity index (χ1n) is 8.93. The van der Waals surface area contributed by atoms with Crippen LogP contribution in [0.2, 0.25) is 0 Å². The molecule has 2 aromatic heterocycles. The van der Waals surface area contributed by atoms with Gasteiger partial charge in [-0.1, -0.05) is 29.8 Å². The van der Waals surface area contributed by atoms with Crippen molar-refractivity contribution in [3.8, 4) is 5.95 Å². The van der Waals surface area contributed by atoms with Gasteiger partial charge in [-0.25, -0.2) is 14.6 Å². The Morgan fingerprint density at radius 3 is 2.42 bits per heavy atom. The second-order valence-electron chi connectivity index (χ2n) is 7.21. The zero-order valence-electron chi connectivity index (χ0n) is 15.6. The van der Waals surface area contributed by atoms with Gasteiger partial charge in [0.1, 0.15) is 0 Å². The highest BCUT2D eigenvalue weighted by molar-refractivity contribution is 6.00. The summed E-state index contributed by atoms with van der Waals surface area (Å²) in [4.78, 5) is 21.9. The average Bonchev–Trinajstić information content (AvgIpc) is 2.91. The summed E-state index contributed by atoms with van der Waals surface area (Å²) in [5, 5.41) is 4.61. The van der Waals surface area contributed by atoms with Crippen LogP contribution in [0.3, 0.4) is 0 Å². The number of carbonyl (C=O) groups is 1. The molecule has 0 bridgehead atoms. The summed E-state index contributed by atoms with van der Waals surface area (Å²) >= 11 is 0. The number of fused-ring (bicyclic) bond motifs is 1. The minimum Gasteiger partial charge on any atom is -0.294 e. The minimum absolute atomic E-state index is 0.158. The van der Waals surface area contributed by atoms with Crippen LogP contribution in [0.4, 0.5) is 0 Å². The van der Waals surface area contributed by atoms with E-state index in [1.54, 1.807) is 4.68 Å². The van der Waals surface area contributed by atoms with E-state index in [4.69, 9.17) is 0 Å². The van der Waals surface area contributed by atoms with E-state index in [1.807, 2.05) is 26.8 Å². The van der Waals surface area contributed by atoms with E-state index in [0.717, 1.165) is 34.8 Å². The normalized spacial score (nSPS) is 16.6. The zero-order valence-corrected chi connectivity index (χ0v) is 15.6. The van der Waals surface area contributed by atoms with Crippen molar-refractivity contribution >= 4 is 5.78 Å². The molecule has 5 heteroatoms. The first kappa shape index (κ1) is 16.6. The highest BCUT2D eigenvalue weighted by Gasteiger charge is 2.32. The average molecular weight is 346 g/mol. The van der Waals surface area contributed by atoms with Crippen LogP contribution < -0.4 is 0 Å². The monoisotopic (exact) mass is 346 g/mol. The number of nitrogens with zero attached hydrogens (tertiary/aromatic N) is 4. The molecular weight excluding hydrogens is 324 g/mol. The maximum absolute atomic E-state index is 12.9. The quantitative estimate of drug-likeness (QED) is 0.708. The van der Waals surface area contributed by atoms with Crippen LogP contribution in [0.5, 0.6) is 0 Å². The van der Waals surface area contributed by atoms with Gasteiger partial charge in [-0.15, -0.1) is 0 Å². The van der Waals surface area contributed by atoms with Crippen LogP contribution in [-0.4, -0.2) is 25.5 Å². The fraction of sp³-hybridized carbons (Fsp3) is 0.333. The molecule has 1 atom stereocenters. The smallest absolute Gasteiger partial charge is 0.251 e. The Morgan fingerprint density at radius 1 is 1.00 bits per heavy atom. The molecule has 1 unspecified atom stereocenters. The molecule has 0 saturated carbocycles. The van der Waals surface area contributed by atoms with Gasteiger partial charge in [-0.3, -0.25) is 4.79 Å². The standard InChI is InChI=1S/C21H22N4O/c1-12-6-5-7-16(8-12)17-10-18-20(19(26)11-17)15(4)24-25(18)21-22-13(2)9-14(3)23-21/h5-9,17H,10-11H2,1-4H3. The third kappa shape index (κ3) is 2.83. The Bertz CT molecular complexity index is 999. The molecule has 5 nitrogen and oxygen atoms in total. The van der Waals surface area contributed by atoms with E-state index in [9.17, 15) is 4.79 Å². The van der Waals surface area contributed by atoms with Crippen molar-refractivity contribution in [2.24, 2.45) is 0 Å². The molecule has 0 amide bonds. The number of hydrogen-bond acceptors (Lipinski definition) is 4. The van der Waals surface area contributed by atoms with Gasteiger partial charge in [-0.2, -0.15) is 5.10 Å². The molecule has 0 fully saturated rings. The van der Waals surface area contributed by atoms with E-state index in [0.29, 0.717) is 12.4 Å². The number of ketones is 1. The lowest BCUT2D eigenvalue weighted by atomic mass is 9.81. The number of hydrogen-bond donors (Lipinski definition) is 0. The summed E-state index contributed by atoms with van der Waals surface area (Å²) in [5.41, 5.74) is 6.64. The van der Waals surface area contributed by atoms with Crippen LogP contribution in [0.15, 0.2) is 30.3 Å². The van der Waals surface area contributed by atoms with Gasteiger partial charge >= 0.3 is 0 Å². The maximum Gasteiger partial charge on any atom is 0.251 e. The number of benzene rings is 1. The lowest BCUT2D eigenvalue weighted by Gasteiger charge is -2.23. The molecule has 0 radical (unpaired) electrons. The van der Waals surface area contributed by atoms with E-state index in [2.05, 4.69) is 46.3 Å².